The SMILES string of the molecule is CCCCC.CCCCn1c(-c2ccccc2)nc(C)c1CC.CCc1ccccc1. The fourth-order valence-corrected chi connectivity index (χ4v) is 3.49. The Morgan fingerprint density at radius 1 is 0.677 bits per heavy atom. The molecule has 170 valence electrons. The van der Waals surface area contributed by atoms with E-state index in [0.717, 1.165) is 25.2 Å². The molecule has 0 atom stereocenters. The molecule has 3 aromatic rings. The van der Waals surface area contributed by atoms with E-state index in [1.165, 1.54) is 54.6 Å². The summed E-state index contributed by atoms with van der Waals surface area (Å²) < 4.78 is 2.40. The van der Waals surface area contributed by atoms with Crippen LogP contribution in [0.2, 0.25) is 0 Å². The molecule has 2 heteroatoms. The van der Waals surface area contributed by atoms with E-state index in [2.05, 4.69) is 101 Å². The van der Waals surface area contributed by atoms with E-state index in [1.54, 1.807) is 0 Å². The maximum absolute atomic E-state index is 4.77. The lowest BCUT2D eigenvalue weighted by atomic mass is 10.2. The van der Waals surface area contributed by atoms with Crippen LogP contribution in [0.15, 0.2) is 60.7 Å². The van der Waals surface area contributed by atoms with E-state index in [9.17, 15) is 0 Å². The summed E-state index contributed by atoms with van der Waals surface area (Å²) in [6.45, 7) is 14.2. The quantitative estimate of drug-likeness (QED) is 0.356. The zero-order chi connectivity index (χ0) is 22.9. The highest BCUT2D eigenvalue weighted by molar-refractivity contribution is 5.56. The number of unbranched alkanes of at least 4 members (excludes halogenated alkanes) is 3. The summed E-state index contributed by atoms with van der Waals surface area (Å²) in [5.41, 5.74) is 5.18. The van der Waals surface area contributed by atoms with Crippen molar-refractivity contribution in [2.45, 2.75) is 93.0 Å². The maximum Gasteiger partial charge on any atom is 0.140 e. The summed E-state index contributed by atoms with van der Waals surface area (Å²) in [5, 5.41) is 0. The Hall–Kier alpha value is -2.35. The van der Waals surface area contributed by atoms with Crippen molar-refractivity contribution in [3.8, 4) is 11.4 Å². The van der Waals surface area contributed by atoms with Gasteiger partial charge in [0.05, 0.1) is 5.69 Å². The van der Waals surface area contributed by atoms with Crippen LogP contribution in [-0.4, -0.2) is 9.55 Å². The van der Waals surface area contributed by atoms with Crippen LogP contribution in [0.25, 0.3) is 11.4 Å². The summed E-state index contributed by atoms with van der Waals surface area (Å²) in [6.07, 6.45) is 8.69. The van der Waals surface area contributed by atoms with E-state index >= 15 is 0 Å². The van der Waals surface area contributed by atoms with E-state index in [0.29, 0.717) is 0 Å². The summed E-state index contributed by atoms with van der Waals surface area (Å²) >= 11 is 0. The summed E-state index contributed by atoms with van der Waals surface area (Å²) in [6, 6.07) is 20.9. The van der Waals surface area contributed by atoms with Gasteiger partial charge in [-0.2, -0.15) is 0 Å². The fraction of sp³-hybridized carbons (Fsp3) is 0.483. The maximum atomic E-state index is 4.77. The Bertz CT molecular complexity index is 802. The van der Waals surface area contributed by atoms with Gasteiger partial charge in [0, 0.05) is 17.8 Å². The van der Waals surface area contributed by atoms with Crippen LogP contribution < -0.4 is 0 Å². The first-order valence-corrected chi connectivity index (χ1v) is 12.3. The van der Waals surface area contributed by atoms with E-state index in [1.807, 2.05) is 6.07 Å². The molecule has 3 rings (SSSR count). The minimum absolute atomic E-state index is 1.05. The molecule has 1 heterocycles. The predicted molar refractivity (Wildman–Crippen MR) is 138 cm³/mol. The Morgan fingerprint density at radius 2 is 1.23 bits per heavy atom. The molecule has 0 aliphatic rings. The van der Waals surface area contributed by atoms with Gasteiger partial charge in [-0.15, -0.1) is 0 Å². The third kappa shape index (κ3) is 9.55. The number of hydrogen-bond acceptors (Lipinski definition) is 1. The first-order chi connectivity index (χ1) is 15.1. The Balaban J connectivity index is 0.000000304. The Kier molecular flexibility index (Phi) is 14.1. The third-order valence-electron chi connectivity index (χ3n) is 5.33. The third-order valence-corrected chi connectivity index (χ3v) is 5.33. The second kappa shape index (κ2) is 16.4. The Labute approximate surface area is 191 Å². The van der Waals surface area contributed by atoms with Crippen molar-refractivity contribution in [1.29, 1.82) is 0 Å². The number of benzene rings is 2. The Morgan fingerprint density at radius 3 is 1.65 bits per heavy atom. The van der Waals surface area contributed by atoms with E-state index < -0.39 is 0 Å². The van der Waals surface area contributed by atoms with Crippen LogP contribution >= 0.6 is 0 Å². The van der Waals surface area contributed by atoms with Crippen LogP contribution in [0.1, 0.15) is 83.7 Å². The van der Waals surface area contributed by atoms with Gasteiger partial charge >= 0.3 is 0 Å². The molecule has 0 spiro atoms. The number of rotatable bonds is 8. The average molecular weight is 421 g/mol. The monoisotopic (exact) mass is 420 g/mol. The average Bonchev–Trinajstić information content (AvgIpc) is 3.15. The van der Waals surface area contributed by atoms with Crippen molar-refractivity contribution in [2.75, 3.05) is 0 Å². The largest absolute Gasteiger partial charge is 0.328 e. The number of hydrogen-bond donors (Lipinski definition) is 0. The molecule has 0 radical (unpaired) electrons. The van der Waals surface area contributed by atoms with Crippen LogP contribution in [0, 0.1) is 6.92 Å². The smallest absolute Gasteiger partial charge is 0.140 e. The lowest BCUT2D eigenvalue weighted by molar-refractivity contribution is 0.615. The molecule has 0 bridgehead atoms. The van der Waals surface area contributed by atoms with Crippen molar-refractivity contribution >= 4 is 0 Å². The van der Waals surface area contributed by atoms with Gasteiger partial charge in [-0.3, -0.25) is 0 Å². The molecule has 0 aliphatic heterocycles. The van der Waals surface area contributed by atoms with Gasteiger partial charge in [0.25, 0.3) is 0 Å². The number of aromatic nitrogens is 2. The molecule has 2 aromatic carbocycles. The van der Waals surface area contributed by atoms with Gasteiger partial charge < -0.3 is 4.57 Å². The van der Waals surface area contributed by atoms with Crippen molar-refractivity contribution in [3.05, 3.63) is 77.6 Å². The molecule has 0 unspecified atom stereocenters. The van der Waals surface area contributed by atoms with Gasteiger partial charge in [-0.1, -0.05) is 121 Å². The standard InChI is InChI=1S/C16H22N2.C8H10.C5H12/c1-4-6-12-18-15(5-2)13(3)17-16(18)14-10-8-7-9-11-14;1-2-8-6-4-3-5-7-8;1-3-5-4-2/h7-11H,4-6,12H2,1-3H3;3-7H,2H2,1H3;3-5H2,1-2H3. The minimum atomic E-state index is 1.05. The summed E-state index contributed by atoms with van der Waals surface area (Å²) in [4.78, 5) is 4.77. The molecule has 31 heavy (non-hydrogen) atoms. The van der Waals surface area contributed by atoms with Gasteiger partial charge in [0.1, 0.15) is 5.82 Å². The highest BCUT2D eigenvalue weighted by atomic mass is 15.1. The van der Waals surface area contributed by atoms with Crippen LogP contribution in [-0.2, 0) is 19.4 Å². The first-order valence-electron chi connectivity index (χ1n) is 12.3. The van der Waals surface area contributed by atoms with Gasteiger partial charge in [-0.05, 0) is 31.7 Å². The minimum Gasteiger partial charge on any atom is -0.328 e. The van der Waals surface area contributed by atoms with Crippen molar-refractivity contribution in [1.82, 2.24) is 9.55 Å². The van der Waals surface area contributed by atoms with Crippen LogP contribution in [0.3, 0.4) is 0 Å². The first kappa shape index (κ1) is 26.7. The molecule has 0 aliphatic carbocycles. The molecule has 1 aromatic heterocycles. The second-order valence-electron chi connectivity index (χ2n) is 7.88. The zero-order valence-electron chi connectivity index (χ0n) is 20.8. The van der Waals surface area contributed by atoms with Crippen molar-refractivity contribution in [3.63, 3.8) is 0 Å². The van der Waals surface area contributed by atoms with E-state index in [-0.39, 0.29) is 0 Å². The molecule has 0 saturated carbocycles. The van der Waals surface area contributed by atoms with Gasteiger partial charge in [0.2, 0.25) is 0 Å². The molecular formula is C29H44N2. The molecule has 0 amide bonds. The van der Waals surface area contributed by atoms with Crippen LogP contribution in [0.5, 0.6) is 0 Å². The van der Waals surface area contributed by atoms with Gasteiger partial charge in [-0.25, -0.2) is 4.98 Å². The number of imidazole rings is 1. The lowest BCUT2D eigenvalue weighted by Gasteiger charge is -2.10. The van der Waals surface area contributed by atoms with E-state index in [4.69, 9.17) is 4.98 Å². The zero-order valence-corrected chi connectivity index (χ0v) is 20.8. The molecule has 0 fully saturated rings. The van der Waals surface area contributed by atoms with Crippen molar-refractivity contribution < 1.29 is 0 Å². The lowest BCUT2D eigenvalue weighted by Crippen LogP contribution is -2.05. The molecule has 2 nitrogen and oxygen atoms in total. The summed E-state index contributed by atoms with van der Waals surface area (Å²) in [5.74, 6) is 1.12. The number of nitrogens with zero attached hydrogens (tertiary/aromatic N) is 2. The predicted octanol–water partition coefficient (Wildman–Crippen LogP) is 8.67. The van der Waals surface area contributed by atoms with Gasteiger partial charge in [0.15, 0.2) is 0 Å². The fourth-order valence-electron chi connectivity index (χ4n) is 3.49. The number of aryl methyl sites for hydroxylation is 2. The molecular weight excluding hydrogens is 376 g/mol. The van der Waals surface area contributed by atoms with Crippen molar-refractivity contribution in [2.24, 2.45) is 0 Å². The highest BCUT2D eigenvalue weighted by Gasteiger charge is 2.13. The molecule has 0 N–H and O–H groups in total. The van der Waals surface area contributed by atoms with Crippen LogP contribution in [0.4, 0.5) is 0 Å². The molecule has 0 saturated heterocycles. The summed E-state index contributed by atoms with van der Waals surface area (Å²) in [7, 11) is 0. The topological polar surface area (TPSA) is 17.8 Å². The normalized spacial score (nSPS) is 10.0. The highest BCUT2D eigenvalue weighted by Crippen LogP contribution is 2.23. The second-order valence-corrected chi connectivity index (χ2v) is 7.88.